The topological polar surface area (TPSA) is 871 Å². The number of aromatic amines is 2. The molecule has 814 valence electrons. The number of aliphatic carboxylic acids is 1. The van der Waals surface area contributed by atoms with Crippen LogP contribution in [-0.4, -0.2) is 308 Å². The number of carbonyl (C=O) groups excluding carboxylic acids is 18. The molecule has 0 aliphatic rings. The number of rotatable bonds is 67. The van der Waals surface area contributed by atoms with E-state index in [1.165, 1.54) is 70.1 Å². The highest BCUT2D eigenvalue weighted by atomic mass is 16.4. The summed E-state index contributed by atoms with van der Waals surface area (Å²) in [5.74, 6) is -21.2. The van der Waals surface area contributed by atoms with Crippen LogP contribution >= 0.6 is 0 Å². The quantitative estimate of drug-likeness (QED) is 0.0142. The smallest absolute Gasteiger partial charge is 0.326 e. The normalized spacial score (nSPS) is 14.5. The minimum absolute atomic E-state index is 0.00249. The van der Waals surface area contributed by atoms with Gasteiger partial charge in [-0.05, 0) is 145 Å². The number of imidazole rings is 2. The molecule has 0 fully saturated rings. The molecule has 146 heavy (non-hydrogen) atoms. The summed E-state index contributed by atoms with van der Waals surface area (Å²) in [6, 6.07) is -17.7. The molecule has 0 radical (unpaired) electrons. The maximum absolute atomic E-state index is 14.9. The summed E-state index contributed by atoms with van der Waals surface area (Å²) in [4.78, 5) is 278. The molecule has 0 bridgehead atoms. The predicted molar refractivity (Wildman–Crippen MR) is 534 cm³/mol. The third-order valence-corrected chi connectivity index (χ3v) is 22.2. The first-order valence-electron chi connectivity index (χ1n) is 48.5. The minimum atomic E-state index is -1.64. The number of aliphatic hydroxyl groups excluding tert-OH is 1. The number of amides is 18. The van der Waals surface area contributed by atoms with Gasteiger partial charge in [-0.2, -0.15) is 0 Å². The van der Waals surface area contributed by atoms with Crippen molar-refractivity contribution in [2.45, 2.75) is 290 Å². The summed E-state index contributed by atoms with van der Waals surface area (Å²) in [5.41, 5.74) is 22.9. The summed E-state index contributed by atoms with van der Waals surface area (Å²) in [5, 5.41) is 107. The number of benzene rings is 1. The molecule has 0 saturated carbocycles. The Morgan fingerprint density at radius 3 is 1.00 bits per heavy atom. The third-order valence-electron chi connectivity index (χ3n) is 22.2. The van der Waals surface area contributed by atoms with Crippen LogP contribution in [0.15, 0.2) is 49.3 Å². The number of phenolic OH excluding ortho intramolecular Hbond substituents is 1. The molecule has 3 aromatic rings. The van der Waals surface area contributed by atoms with Gasteiger partial charge in [-0.15, -0.1) is 0 Å². The van der Waals surface area contributed by atoms with E-state index in [9.17, 15) is 106 Å². The largest absolute Gasteiger partial charge is 0.508 e. The first-order chi connectivity index (χ1) is 68.6. The van der Waals surface area contributed by atoms with Crippen molar-refractivity contribution in [1.82, 2.24) is 132 Å². The van der Waals surface area contributed by atoms with Crippen LogP contribution in [0.4, 0.5) is 0 Å². The van der Waals surface area contributed by atoms with Crippen LogP contribution in [0.5, 0.6) is 5.75 Å². The van der Waals surface area contributed by atoms with Gasteiger partial charge in [-0.3, -0.25) is 103 Å². The lowest BCUT2D eigenvalue weighted by Gasteiger charge is -2.30. The number of carboxylic acid groups (broad SMARTS) is 1. The van der Waals surface area contributed by atoms with Crippen molar-refractivity contribution < 1.29 is 106 Å². The number of aliphatic hydroxyl groups is 1. The molecule has 0 saturated heterocycles. The summed E-state index contributed by atoms with van der Waals surface area (Å²) < 4.78 is 0. The highest BCUT2D eigenvalue weighted by Crippen LogP contribution is 2.19. The van der Waals surface area contributed by atoms with E-state index >= 15 is 0 Å². The average Bonchev–Trinajstić information content (AvgIpc) is 1.48. The number of guanidine groups is 3. The summed E-state index contributed by atoms with van der Waals surface area (Å²) in [7, 11) is 0. The second-order valence-corrected chi connectivity index (χ2v) is 38.0. The number of hydrogen-bond donors (Lipinski definition) is 33. The van der Waals surface area contributed by atoms with Crippen LogP contribution in [0.1, 0.15) is 191 Å². The zero-order chi connectivity index (χ0) is 110. The van der Waals surface area contributed by atoms with E-state index < -0.39 is 259 Å². The van der Waals surface area contributed by atoms with Crippen molar-refractivity contribution in [3.63, 3.8) is 0 Å². The molecule has 0 aliphatic carbocycles. The summed E-state index contributed by atoms with van der Waals surface area (Å²) >= 11 is 0. The number of H-pyrrole nitrogens is 2. The Bertz CT molecular complexity index is 4830. The average molecular weight is 2060 g/mol. The van der Waals surface area contributed by atoms with Crippen LogP contribution in [0, 0.1) is 51.7 Å². The number of aromatic hydroxyl groups is 1. The number of nitrogens with two attached hydrogens (primary N) is 4. The van der Waals surface area contributed by atoms with Crippen molar-refractivity contribution >= 4 is 130 Å². The van der Waals surface area contributed by atoms with E-state index in [4.69, 9.17) is 39.2 Å². The van der Waals surface area contributed by atoms with E-state index in [-0.39, 0.29) is 145 Å². The fourth-order valence-corrected chi connectivity index (χ4v) is 14.6. The van der Waals surface area contributed by atoms with Gasteiger partial charge in [-0.25, -0.2) is 14.8 Å². The maximum Gasteiger partial charge on any atom is 0.326 e. The molecular weight excluding hydrogens is 1910 g/mol. The van der Waals surface area contributed by atoms with Gasteiger partial charge >= 0.3 is 5.97 Å². The fraction of sp³-hybridized carbons (Fsp3) is 0.630. The molecular formula is C92H154N32O22. The molecule has 54 heteroatoms. The van der Waals surface area contributed by atoms with E-state index in [1.807, 2.05) is 0 Å². The number of carboxylic acids is 1. The molecule has 54 nitrogen and oxygen atoms in total. The van der Waals surface area contributed by atoms with Crippen molar-refractivity contribution in [3.05, 3.63) is 66.3 Å². The Kier molecular flexibility index (Phi) is 55.5. The molecule has 2 heterocycles. The van der Waals surface area contributed by atoms with Crippen LogP contribution in [0.2, 0.25) is 0 Å². The Balaban J connectivity index is 1.88. The van der Waals surface area contributed by atoms with Crippen LogP contribution < -0.4 is 135 Å². The van der Waals surface area contributed by atoms with Gasteiger partial charge in [0.05, 0.1) is 50.3 Å². The van der Waals surface area contributed by atoms with Gasteiger partial charge in [0.15, 0.2) is 17.9 Å². The second-order valence-electron chi connectivity index (χ2n) is 38.0. The van der Waals surface area contributed by atoms with Crippen LogP contribution in [0.3, 0.4) is 0 Å². The highest BCUT2D eigenvalue weighted by Gasteiger charge is 2.40. The lowest BCUT2D eigenvalue weighted by atomic mass is 9.97. The minimum Gasteiger partial charge on any atom is -0.508 e. The Morgan fingerprint density at radius 2 is 0.623 bits per heavy atom. The van der Waals surface area contributed by atoms with Crippen LogP contribution in [-0.2, 0) is 110 Å². The van der Waals surface area contributed by atoms with E-state index in [0.29, 0.717) is 17.0 Å². The van der Waals surface area contributed by atoms with E-state index in [0.717, 1.165) is 0 Å². The number of aromatic nitrogens is 4. The monoisotopic (exact) mass is 2060 g/mol. The molecule has 37 N–H and O–H groups in total. The van der Waals surface area contributed by atoms with Crippen molar-refractivity contribution in [2.75, 3.05) is 45.9 Å². The number of hydrogen-bond acceptors (Lipinski definition) is 27. The molecule has 2 aromatic heterocycles. The molecule has 18 amide bonds. The summed E-state index contributed by atoms with van der Waals surface area (Å²) in [6.45, 7) is 21.7. The molecule has 0 aliphatic heterocycles. The number of nitrogens with one attached hydrogen (secondary N) is 26. The number of phenols is 1. The van der Waals surface area contributed by atoms with Gasteiger partial charge in [0, 0.05) is 51.3 Å². The zero-order valence-corrected chi connectivity index (χ0v) is 85.5. The number of nitrogens with zero attached hydrogens (tertiary/aromatic N) is 2. The van der Waals surface area contributed by atoms with Crippen molar-refractivity contribution in [3.8, 4) is 5.75 Å². The molecule has 16 atom stereocenters. The van der Waals surface area contributed by atoms with Crippen molar-refractivity contribution in [2.24, 2.45) is 58.4 Å². The van der Waals surface area contributed by atoms with E-state index in [1.54, 1.807) is 83.1 Å². The Morgan fingerprint density at radius 1 is 0.329 bits per heavy atom. The first kappa shape index (κ1) is 125. The van der Waals surface area contributed by atoms with Gasteiger partial charge < -0.3 is 160 Å². The Labute approximate surface area is 847 Å². The fourth-order valence-electron chi connectivity index (χ4n) is 14.6. The molecule has 3 rings (SSSR count). The lowest BCUT2D eigenvalue weighted by Crippen LogP contribution is -2.61. The van der Waals surface area contributed by atoms with Gasteiger partial charge in [0.1, 0.15) is 102 Å². The number of carbonyl (C=O) groups is 19. The SMILES string of the molecule is CC(C)C[C@H](NC(=O)CNC(=O)[C@H](CCCNC(=N)N)NC(=O)[C@H](C)NC(=O)[C@H](C)NC(=O)[C@H](CCCNC(=N)N)NC(=O)[C@H](CC(C)C)NC(=O)[C@@H](NC(=O)[C@H](CC(C)C)NC(=O)[C@H](CC(C)C)NC(=O)[C@H](CO)NC(=O)[C@H](C)NC(=O)CNC(=O)CN)C(C)C)C(=O)N[C@@H](Cc1ccc(O)cc1)C(=O)N[C@@H](CCCNC(=N)N)C(=O)N[C@@H](CC(C)C)C(=O)N[C@@H](Cc1c[nH]cn1)C(=O)N[C@@H](Cc1c[nH]cn1)C(=O)O. The molecule has 0 unspecified atom stereocenters. The second kappa shape index (κ2) is 64.7. The Hall–Kier alpha value is -14.9. The molecule has 0 spiro atoms. The predicted octanol–water partition coefficient (Wildman–Crippen LogP) is -7.37. The lowest BCUT2D eigenvalue weighted by molar-refractivity contribution is -0.142. The van der Waals surface area contributed by atoms with Gasteiger partial charge in [-0.1, -0.05) is 95.2 Å². The van der Waals surface area contributed by atoms with E-state index in [2.05, 4.69) is 132 Å². The van der Waals surface area contributed by atoms with Crippen LogP contribution in [0.25, 0.3) is 0 Å². The van der Waals surface area contributed by atoms with Gasteiger partial charge in [0.25, 0.3) is 0 Å². The molecule has 1 aromatic carbocycles. The first-order valence-corrected chi connectivity index (χ1v) is 48.5. The third kappa shape index (κ3) is 48.9. The van der Waals surface area contributed by atoms with Gasteiger partial charge in [0.2, 0.25) is 106 Å². The summed E-state index contributed by atoms with van der Waals surface area (Å²) in [6.07, 6.45) is 4.23. The standard InChI is InChI=1S/C92H154N32O22/c1-45(2)29-61(80(136)119-66(34-54-22-24-57(126)25-23-54)84(140)115-60(21-18-28-104-92(98)99)79(135)116-62(30-46(3)4)83(139)120-67(35-55-38-100-43-107-55)85(141)122-68(89(145)146)36-56-39-101-44-108-56)112-72(129)41-106-77(133)58(19-16-26-102-90(94)95)113-76(132)53(15)110-74(130)52(14)111-78(134)59(20-17-27-103-91(96)97)114-81(137)64(32-48(7)8)121-88(144)73(50(11)12)124-86(142)65(33-49(9)10)117-82(138)63(31-47(5)6)118-87(143)69(42-125)123-75(131)51(13)109-71(128)40-105-70(127)37-93/h22-25,38-39,43-53,58-69,73,125-126H,16-21,26-37,40-42,93H2,1-15H3,(H,100,107)(H,101,108)(H,105,127)(H,106,133)(H,109,128)(H,110,130)(H,111,134)(H,112,129)(H,113,132)(H,114,137)(H,115,140)(H,116,135)(H,117,138)(H,118,143)(H,119,136)(H,120,139)(H,121,144)(H,122,141)(H,123,131)(H,124,142)(H,145,146)(H4,94,95,102)(H4,96,97,103)(H4,98,99,104)/t51-,52-,53-,58-,59-,60-,61-,62-,63-,64-,65-,66-,67-,68-,69-,73-/m0/s1. The zero-order valence-electron chi connectivity index (χ0n) is 85.5. The highest BCUT2D eigenvalue weighted by molar-refractivity contribution is 6.02. The maximum atomic E-state index is 14.9. The van der Waals surface area contributed by atoms with Crippen molar-refractivity contribution in [1.29, 1.82) is 16.2 Å².